The van der Waals surface area contributed by atoms with E-state index in [1.54, 1.807) is 16.1 Å². The Morgan fingerprint density at radius 3 is 2.55 bits per heavy atom. The zero-order chi connectivity index (χ0) is 28.8. The number of sulfonamides is 1. The molecule has 222 valence electrons. The van der Waals surface area contributed by atoms with E-state index in [1.807, 2.05) is 6.26 Å². The van der Waals surface area contributed by atoms with Gasteiger partial charge in [0.15, 0.2) is 0 Å². The number of amides is 2. The van der Waals surface area contributed by atoms with Gasteiger partial charge >= 0.3 is 12.0 Å². The Kier molecular flexibility index (Phi) is 8.27. The largest absolute Gasteiger partial charge is 0.467 e. The van der Waals surface area contributed by atoms with Crippen LogP contribution in [0.3, 0.4) is 0 Å². The minimum absolute atomic E-state index is 0.0466. The number of carbonyl (C=O) groups is 2. The molecule has 5 rings (SSSR count). The Morgan fingerprint density at radius 1 is 1.15 bits per heavy atom. The first-order chi connectivity index (χ1) is 19.0. The fourth-order valence-corrected chi connectivity index (χ4v) is 11.3. The van der Waals surface area contributed by atoms with Crippen LogP contribution in [0.25, 0.3) is 0 Å². The number of thioether (sulfide) groups is 1. The van der Waals surface area contributed by atoms with Crippen LogP contribution in [0.5, 0.6) is 0 Å². The van der Waals surface area contributed by atoms with Crippen molar-refractivity contribution in [3.63, 3.8) is 0 Å². The van der Waals surface area contributed by atoms with Crippen molar-refractivity contribution >= 4 is 33.8 Å². The number of carbonyl (C=O) groups excluding carboxylic acids is 2. The summed E-state index contributed by atoms with van der Waals surface area (Å²) >= 11 is 1.60. The second kappa shape index (κ2) is 11.1. The third-order valence-electron chi connectivity index (χ3n) is 11.1. The fraction of sp³-hybridized carbons (Fsp3) is 0.733. The zero-order valence-corrected chi connectivity index (χ0v) is 26.0. The SMILES string of the molecule is COC(=O)C(CCSC)NC(=O)N[C@H]1C[C@H]2CC[C@]1(CS(=O)(=O)N1CCC3(CCc4ccccc43)CC1)C2(C)C. The van der Waals surface area contributed by atoms with Crippen LogP contribution in [0.15, 0.2) is 24.3 Å². The Bertz CT molecular complexity index is 1230. The number of fused-ring (bicyclic) bond motifs is 4. The number of ether oxygens (including phenoxy) is 1. The van der Waals surface area contributed by atoms with Crippen LogP contribution in [0.4, 0.5) is 4.79 Å². The molecule has 1 aromatic rings. The van der Waals surface area contributed by atoms with E-state index in [0.29, 0.717) is 31.2 Å². The quantitative estimate of drug-likeness (QED) is 0.420. The molecule has 4 atom stereocenters. The van der Waals surface area contributed by atoms with Crippen LogP contribution in [-0.2, 0) is 31.4 Å². The summed E-state index contributed by atoms with van der Waals surface area (Å²) in [6.07, 6.45) is 8.81. The molecule has 2 saturated carbocycles. The van der Waals surface area contributed by atoms with E-state index in [4.69, 9.17) is 4.74 Å². The standard InChI is InChI=1S/C30H45N3O5S2/c1-28(2)22-10-13-30(28,25(19-22)32-27(35)31-24(11-18-39-4)26(34)38-3)20-40(36,37)33-16-14-29(15-17-33)12-9-21-7-5-6-8-23(21)29/h5-8,22,24-25H,9-20H2,1-4H3,(H2,31,32,35)/t22-,24?,25+,30-/m1/s1. The van der Waals surface area contributed by atoms with Crippen LogP contribution >= 0.6 is 11.8 Å². The highest BCUT2D eigenvalue weighted by Crippen LogP contribution is 2.66. The first kappa shape index (κ1) is 29.7. The molecule has 1 aromatic carbocycles. The van der Waals surface area contributed by atoms with Crippen molar-refractivity contribution in [2.24, 2.45) is 16.7 Å². The highest BCUT2D eigenvalue weighted by Gasteiger charge is 2.66. The van der Waals surface area contributed by atoms with Crippen molar-refractivity contribution in [1.29, 1.82) is 0 Å². The van der Waals surface area contributed by atoms with Crippen molar-refractivity contribution in [1.82, 2.24) is 14.9 Å². The fourth-order valence-electron chi connectivity index (χ4n) is 8.50. The highest BCUT2D eigenvalue weighted by molar-refractivity contribution is 7.98. The van der Waals surface area contributed by atoms with Crippen molar-refractivity contribution in [2.75, 3.05) is 38.0 Å². The van der Waals surface area contributed by atoms with E-state index >= 15 is 0 Å². The summed E-state index contributed by atoms with van der Waals surface area (Å²) < 4.78 is 34.7. The molecule has 8 nitrogen and oxygen atoms in total. The second-order valence-corrected chi connectivity index (χ2v) is 15.9. The van der Waals surface area contributed by atoms with Gasteiger partial charge in [0, 0.05) is 24.5 Å². The average Bonchev–Trinajstić information content (AvgIpc) is 3.47. The number of urea groups is 1. The molecule has 3 fully saturated rings. The van der Waals surface area contributed by atoms with Gasteiger partial charge in [0.1, 0.15) is 6.04 Å². The average molecular weight is 592 g/mol. The minimum atomic E-state index is -3.54. The van der Waals surface area contributed by atoms with Crippen molar-refractivity contribution < 1.29 is 22.7 Å². The molecule has 2 amide bonds. The first-order valence-electron chi connectivity index (χ1n) is 14.7. The van der Waals surface area contributed by atoms with Gasteiger partial charge in [-0.3, -0.25) is 0 Å². The van der Waals surface area contributed by atoms with Gasteiger partial charge in [-0.25, -0.2) is 22.3 Å². The molecule has 0 aromatic heterocycles. The summed E-state index contributed by atoms with van der Waals surface area (Å²) in [7, 11) is -2.22. The predicted octanol–water partition coefficient (Wildman–Crippen LogP) is 4.09. The summed E-state index contributed by atoms with van der Waals surface area (Å²) in [5, 5.41) is 5.92. The van der Waals surface area contributed by atoms with Gasteiger partial charge < -0.3 is 15.4 Å². The minimum Gasteiger partial charge on any atom is -0.467 e. The van der Waals surface area contributed by atoms with E-state index in [0.717, 1.165) is 44.9 Å². The van der Waals surface area contributed by atoms with Gasteiger partial charge in [0.05, 0.1) is 12.9 Å². The molecule has 2 N–H and O–H groups in total. The number of methoxy groups -OCH3 is 1. The molecule has 3 aliphatic carbocycles. The number of piperidine rings is 1. The van der Waals surface area contributed by atoms with Gasteiger partial charge in [-0.15, -0.1) is 0 Å². The normalized spacial score (nSPS) is 29.2. The number of rotatable bonds is 9. The molecule has 4 aliphatic rings. The maximum absolute atomic E-state index is 14.1. The summed E-state index contributed by atoms with van der Waals surface area (Å²) in [4.78, 5) is 25.4. The number of nitrogens with zero attached hydrogens (tertiary/aromatic N) is 1. The Hall–Kier alpha value is -1.78. The Balaban J connectivity index is 1.29. The van der Waals surface area contributed by atoms with Gasteiger partial charge in [0.2, 0.25) is 10.0 Å². The molecule has 1 saturated heterocycles. The summed E-state index contributed by atoms with van der Waals surface area (Å²) in [6.45, 7) is 5.45. The molecular weight excluding hydrogens is 546 g/mol. The van der Waals surface area contributed by atoms with Crippen molar-refractivity contribution in [2.45, 2.75) is 82.7 Å². The third-order valence-corrected chi connectivity index (χ3v) is 13.8. The summed E-state index contributed by atoms with van der Waals surface area (Å²) in [5.74, 6) is 0.636. The maximum atomic E-state index is 14.1. The number of aryl methyl sites for hydroxylation is 1. The molecule has 1 heterocycles. The molecule has 1 spiro atoms. The van der Waals surface area contributed by atoms with E-state index < -0.39 is 33.5 Å². The molecule has 10 heteroatoms. The van der Waals surface area contributed by atoms with Crippen LogP contribution < -0.4 is 10.6 Å². The number of nitrogens with one attached hydrogen (secondary N) is 2. The number of benzene rings is 1. The van der Waals surface area contributed by atoms with Crippen LogP contribution in [0.1, 0.15) is 69.9 Å². The lowest BCUT2D eigenvalue weighted by Crippen LogP contribution is -2.57. The monoisotopic (exact) mass is 591 g/mol. The molecule has 40 heavy (non-hydrogen) atoms. The van der Waals surface area contributed by atoms with Crippen molar-refractivity contribution in [3.05, 3.63) is 35.4 Å². The van der Waals surface area contributed by atoms with Gasteiger partial charge in [0.25, 0.3) is 0 Å². The lowest BCUT2D eigenvalue weighted by atomic mass is 9.69. The van der Waals surface area contributed by atoms with Crippen molar-refractivity contribution in [3.8, 4) is 0 Å². The third kappa shape index (κ3) is 5.06. The smallest absolute Gasteiger partial charge is 0.328 e. The van der Waals surface area contributed by atoms with E-state index in [-0.39, 0.29) is 22.6 Å². The van der Waals surface area contributed by atoms with Crippen LogP contribution in [0, 0.1) is 16.7 Å². The molecule has 2 bridgehead atoms. The Morgan fingerprint density at radius 2 is 1.88 bits per heavy atom. The van der Waals surface area contributed by atoms with E-state index in [2.05, 4.69) is 48.7 Å². The lowest BCUT2D eigenvalue weighted by molar-refractivity contribution is -0.142. The van der Waals surface area contributed by atoms with E-state index in [9.17, 15) is 18.0 Å². The zero-order valence-electron chi connectivity index (χ0n) is 24.3. The summed E-state index contributed by atoms with van der Waals surface area (Å²) in [5.41, 5.74) is 2.15. The number of hydrogen-bond acceptors (Lipinski definition) is 6. The number of esters is 1. The molecule has 1 aliphatic heterocycles. The molecule has 1 unspecified atom stereocenters. The van der Waals surface area contributed by atoms with E-state index in [1.165, 1.54) is 18.2 Å². The lowest BCUT2D eigenvalue weighted by Gasteiger charge is -2.45. The summed E-state index contributed by atoms with van der Waals surface area (Å²) in [6, 6.07) is 7.22. The molecule has 0 radical (unpaired) electrons. The molecular formula is C30H45N3O5S2. The highest BCUT2D eigenvalue weighted by atomic mass is 32.2. The van der Waals surface area contributed by atoms with Gasteiger partial charge in [-0.2, -0.15) is 11.8 Å². The Labute approximate surface area is 243 Å². The predicted molar refractivity (Wildman–Crippen MR) is 159 cm³/mol. The van der Waals surface area contributed by atoms with Crippen LogP contribution in [-0.4, -0.2) is 74.8 Å². The van der Waals surface area contributed by atoms with Gasteiger partial charge in [-0.1, -0.05) is 38.1 Å². The first-order valence-corrected chi connectivity index (χ1v) is 17.7. The van der Waals surface area contributed by atoms with Gasteiger partial charge in [-0.05, 0) is 91.2 Å². The second-order valence-electron chi connectivity index (χ2n) is 13.0. The van der Waals surface area contributed by atoms with Crippen LogP contribution in [0.2, 0.25) is 0 Å². The maximum Gasteiger partial charge on any atom is 0.328 e. The topological polar surface area (TPSA) is 105 Å². The number of hydrogen-bond donors (Lipinski definition) is 2.